The normalized spacial score (nSPS) is 21.5. The maximum absolute atomic E-state index is 12.0. The van der Waals surface area contributed by atoms with Crippen LogP contribution < -0.4 is 0 Å². The Morgan fingerprint density at radius 3 is 2.64 bits per heavy atom. The van der Waals surface area contributed by atoms with E-state index in [0.29, 0.717) is 11.6 Å². The molecular formula is C17H24N4O. The number of nitrogens with zero attached hydrogens (tertiary/aromatic N) is 4. The van der Waals surface area contributed by atoms with Gasteiger partial charge in [0.05, 0.1) is 0 Å². The highest BCUT2D eigenvalue weighted by molar-refractivity contribution is 5.79. The molecule has 0 bridgehead atoms. The zero-order valence-corrected chi connectivity index (χ0v) is 13.5. The molecule has 3 heterocycles. The van der Waals surface area contributed by atoms with Crippen LogP contribution in [0.2, 0.25) is 0 Å². The Morgan fingerprint density at radius 2 is 2.09 bits per heavy atom. The van der Waals surface area contributed by atoms with Gasteiger partial charge >= 0.3 is 0 Å². The van der Waals surface area contributed by atoms with Crippen LogP contribution in [0.25, 0.3) is 0 Å². The predicted molar refractivity (Wildman–Crippen MR) is 83.9 cm³/mol. The van der Waals surface area contributed by atoms with Crippen LogP contribution in [0.15, 0.2) is 12.3 Å². The fourth-order valence-corrected chi connectivity index (χ4v) is 3.88. The molecule has 2 aliphatic heterocycles. The number of rotatable bonds is 3. The number of hydrogen-bond donors (Lipinski definition) is 0. The molecule has 2 aliphatic rings. The van der Waals surface area contributed by atoms with Crippen LogP contribution >= 0.6 is 0 Å². The molecule has 0 N–H and O–H groups in total. The molecule has 0 aliphatic carbocycles. The van der Waals surface area contributed by atoms with Crippen molar-refractivity contribution in [2.24, 2.45) is 12.5 Å². The molecule has 3 rings (SSSR count). The average Bonchev–Trinajstić information content (AvgIpc) is 3.01. The van der Waals surface area contributed by atoms with Gasteiger partial charge in [0.1, 0.15) is 11.8 Å². The van der Waals surface area contributed by atoms with Gasteiger partial charge < -0.3 is 9.47 Å². The van der Waals surface area contributed by atoms with Crippen LogP contribution in [-0.2, 0) is 18.4 Å². The molecule has 1 aromatic rings. The minimum atomic E-state index is 0.220. The lowest BCUT2D eigenvalue weighted by Gasteiger charge is -2.38. The molecule has 22 heavy (non-hydrogen) atoms. The SMILES string of the molecule is CCN1CC2(CCN(Cc3cc(C#N)n(C)c3)CC2)CC1=O. The predicted octanol–water partition coefficient (Wildman–Crippen LogP) is 1.73. The highest BCUT2D eigenvalue weighted by Crippen LogP contribution is 2.41. The number of likely N-dealkylation sites (tertiary alicyclic amines) is 2. The topological polar surface area (TPSA) is 52.3 Å². The first-order valence-electron chi connectivity index (χ1n) is 8.11. The first kappa shape index (κ1) is 15.1. The Bertz CT molecular complexity index is 605. The molecule has 1 amide bonds. The van der Waals surface area contributed by atoms with Crippen molar-refractivity contribution in [3.63, 3.8) is 0 Å². The van der Waals surface area contributed by atoms with E-state index in [0.717, 1.165) is 52.0 Å². The van der Waals surface area contributed by atoms with Crippen molar-refractivity contribution in [2.45, 2.75) is 32.7 Å². The Kier molecular flexibility index (Phi) is 3.96. The molecule has 5 heteroatoms. The minimum Gasteiger partial charge on any atom is -0.342 e. The van der Waals surface area contributed by atoms with Crippen LogP contribution in [0.4, 0.5) is 0 Å². The average molecular weight is 300 g/mol. The number of aryl methyl sites for hydroxylation is 1. The molecule has 0 aromatic carbocycles. The van der Waals surface area contributed by atoms with Gasteiger partial charge in [-0.05, 0) is 49.9 Å². The lowest BCUT2D eigenvalue weighted by atomic mass is 9.77. The third-order valence-corrected chi connectivity index (χ3v) is 5.29. The highest BCUT2D eigenvalue weighted by Gasteiger charge is 2.44. The molecule has 118 valence electrons. The number of carbonyl (C=O) groups is 1. The molecule has 0 unspecified atom stereocenters. The maximum atomic E-state index is 12.0. The monoisotopic (exact) mass is 300 g/mol. The van der Waals surface area contributed by atoms with E-state index in [1.807, 2.05) is 28.8 Å². The van der Waals surface area contributed by atoms with Gasteiger partial charge in [-0.2, -0.15) is 5.26 Å². The summed E-state index contributed by atoms with van der Waals surface area (Å²) in [6.45, 7) is 6.83. The highest BCUT2D eigenvalue weighted by atomic mass is 16.2. The largest absolute Gasteiger partial charge is 0.342 e. The molecule has 0 saturated carbocycles. The van der Waals surface area contributed by atoms with Crippen molar-refractivity contribution in [1.82, 2.24) is 14.4 Å². The van der Waals surface area contributed by atoms with E-state index in [1.54, 1.807) is 0 Å². The quantitative estimate of drug-likeness (QED) is 0.854. The van der Waals surface area contributed by atoms with Crippen molar-refractivity contribution >= 4 is 5.91 Å². The van der Waals surface area contributed by atoms with E-state index in [-0.39, 0.29) is 5.41 Å². The zero-order chi connectivity index (χ0) is 15.7. The van der Waals surface area contributed by atoms with Gasteiger partial charge in [-0.3, -0.25) is 9.69 Å². The van der Waals surface area contributed by atoms with Crippen LogP contribution in [0, 0.1) is 16.7 Å². The van der Waals surface area contributed by atoms with Gasteiger partial charge in [-0.25, -0.2) is 0 Å². The summed E-state index contributed by atoms with van der Waals surface area (Å²) in [4.78, 5) is 16.5. The molecule has 0 atom stereocenters. The Hall–Kier alpha value is -1.80. The van der Waals surface area contributed by atoms with Crippen molar-refractivity contribution in [1.29, 1.82) is 5.26 Å². The second-order valence-corrected chi connectivity index (χ2v) is 6.82. The van der Waals surface area contributed by atoms with Gasteiger partial charge in [-0.1, -0.05) is 0 Å². The summed E-state index contributed by atoms with van der Waals surface area (Å²) in [5.41, 5.74) is 2.13. The van der Waals surface area contributed by atoms with Crippen molar-refractivity contribution in [2.75, 3.05) is 26.2 Å². The second kappa shape index (κ2) is 5.77. The van der Waals surface area contributed by atoms with Gasteiger partial charge in [-0.15, -0.1) is 0 Å². The third-order valence-electron chi connectivity index (χ3n) is 5.29. The van der Waals surface area contributed by atoms with E-state index in [4.69, 9.17) is 5.26 Å². The van der Waals surface area contributed by atoms with Crippen molar-refractivity contribution < 1.29 is 4.79 Å². The summed E-state index contributed by atoms with van der Waals surface area (Å²) >= 11 is 0. The zero-order valence-electron chi connectivity index (χ0n) is 13.5. The van der Waals surface area contributed by atoms with Crippen LogP contribution in [0.1, 0.15) is 37.4 Å². The van der Waals surface area contributed by atoms with Gasteiger partial charge in [0, 0.05) is 39.3 Å². The van der Waals surface area contributed by atoms with Crippen LogP contribution in [0.5, 0.6) is 0 Å². The number of piperidine rings is 1. The van der Waals surface area contributed by atoms with E-state index in [9.17, 15) is 4.79 Å². The summed E-state index contributed by atoms with van der Waals surface area (Å²) in [5.74, 6) is 0.331. The summed E-state index contributed by atoms with van der Waals surface area (Å²) in [6.07, 6.45) is 4.99. The minimum absolute atomic E-state index is 0.220. The Morgan fingerprint density at radius 1 is 1.36 bits per heavy atom. The first-order chi connectivity index (χ1) is 10.5. The molecule has 1 aromatic heterocycles. The van der Waals surface area contributed by atoms with E-state index in [1.165, 1.54) is 5.56 Å². The summed E-state index contributed by atoms with van der Waals surface area (Å²) in [7, 11) is 1.91. The number of hydrogen-bond acceptors (Lipinski definition) is 3. The first-order valence-corrected chi connectivity index (χ1v) is 8.11. The number of nitriles is 1. The van der Waals surface area contributed by atoms with Gasteiger partial charge in [0.25, 0.3) is 0 Å². The molecular weight excluding hydrogens is 276 g/mol. The van der Waals surface area contributed by atoms with Crippen molar-refractivity contribution in [3.8, 4) is 6.07 Å². The van der Waals surface area contributed by atoms with Gasteiger partial charge in [0.2, 0.25) is 5.91 Å². The summed E-state index contributed by atoms with van der Waals surface area (Å²) in [6, 6.07) is 4.18. The summed E-state index contributed by atoms with van der Waals surface area (Å²) in [5, 5.41) is 9.03. The fraction of sp³-hybridized carbons (Fsp3) is 0.647. The smallest absolute Gasteiger partial charge is 0.223 e. The van der Waals surface area contributed by atoms with Crippen LogP contribution in [0.3, 0.4) is 0 Å². The number of amides is 1. The Labute approximate surface area is 132 Å². The second-order valence-electron chi connectivity index (χ2n) is 6.82. The molecule has 2 fully saturated rings. The van der Waals surface area contributed by atoms with E-state index in [2.05, 4.69) is 17.9 Å². The fourth-order valence-electron chi connectivity index (χ4n) is 3.88. The standard InChI is InChI=1S/C17H24N4O/c1-3-21-13-17(9-16(21)22)4-6-20(7-5-17)12-14-8-15(10-18)19(2)11-14/h8,11H,3-7,9,12-13H2,1-2H3. The molecule has 5 nitrogen and oxygen atoms in total. The van der Waals surface area contributed by atoms with E-state index >= 15 is 0 Å². The van der Waals surface area contributed by atoms with Gasteiger partial charge in [0.15, 0.2) is 0 Å². The lowest BCUT2D eigenvalue weighted by molar-refractivity contribution is -0.127. The maximum Gasteiger partial charge on any atom is 0.223 e. The number of aromatic nitrogens is 1. The Balaban J connectivity index is 1.58. The molecule has 2 saturated heterocycles. The number of carbonyl (C=O) groups excluding carboxylic acids is 1. The van der Waals surface area contributed by atoms with E-state index < -0.39 is 0 Å². The van der Waals surface area contributed by atoms with Crippen molar-refractivity contribution in [3.05, 3.63) is 23.5 Å². The molecule has 0 radical (unpaired) electrons. The lowest BCUT2D eigenvalue weighted by Crippen LogP contribution is -2.41. The summed E-state index contributed by atoms with van der Waals surface area (Å²) < 4.78 is 1.88. The van der Waals surface area contributed by atoms with Crippen LogP contribution in [-0.4, -0.2) is 46.5 Å². The third kappa shape index (κ3) is 2.76. The molecule has 1 spiro atoms.